The number of carbonyl (C=O) groups is 1. The Kier molecular flexibility index (Phi) is 3.06. The topological polar surface area (TPSA) is 70.3 Å². The summed E-state index contributed by atoms with van der Waals surface area (Å²) in [6, 6.07) is 13.3. The highest BCUT2D eigenvalue weighted by Crippen LogP contribution is 2.22. The van der Waals surface area contributed by atoms with Gasteiger partial charge in [-0.05, 0) is 36.2 Å². The molecule has 21 heavy (non-hydrogen) atoms. The van der Waals surface area contributed by atoms with Crippen molar-refractivity contribution in [3.8, 4) is 11.1 Å². The summed E-state index contributed by atoms with van der Waals surface area (Å²) in [5.74, 6) is -1.25. The second-order valence-corrected chi connectivity index (χ2v) is 4.85. The lowest BCUT2D eigenvalue weighted by molar-refractivity contribution is -0.255. The van der Waals surface area contributed by atoms with Crippen molar-refractivity contribution in [3.63, 3.8) is 0 Å². The highest BCUT2D eigenvalue weighted by Gasteiger charge is 2.08. The van der Waals surface area contributed by atoms with E-state index in [1.165, 1.54) is 12.1 Å². The van der Waals surface area contributed by atoms with Gasteiger partial charge in [0.1, 0.15) is 5.58 Å². The van der Waals surface area contributed by atoms with E-state index in [1.807, 2.05) is 19.1 Å². The van der Waals surface area contributed by atoms with Crippen LogP contribution in [0.5, 0.6) is 0 Å². The van der Waals surface area contributed by atoms with Gasteiger partial charge in [-0.1, -0.05) is 35.9 Å². The third-order valence-electron chi connectivity index (χ3n) is 3.32. The number of carbonyl (C=O) groups excluding carboxylic acids is 1. The summed E-state index contributed by atoms with van der Waals surface area (Å²) in [7, 11) is 0. The molecular weight excluding hydrogens is 268 g/mol. The number of benzene rings is 2. The second kappa shape index (κ2) is 4.90. The molecule has 3 rings (SSSR count). The van der Waals surface area contributed by atoms with Gasteiger partial charge in [0.15, 0.2) is 0 Å². The molecule has 0 aliphatic carbocycles. The molecule has 0 bridgehead atoms. The Balaban J connectivity index is 2.17. The van der Waals surface area contributed by atoms with Crippen LogP contribution in [0.15, 0.2) is 57.7 Å². The summed E-state index contributed by atoms with van der Waals surface area (Å²) in [4.78, 5) is 22.8. The number of hydrogen-bond donors (Lipinski definition) is 0. The van der Waals surface area contributed by atoms with Crippen molar-refractivity contribution in [2.24, 2.45) is 0 Å². The smallest absolute Gasteiger partial charge is 0.344 e. The Morgan fingerprint density at radius 2 is 1.76 bits per heavy atom. The van der Waals surface area contributed by atoms with E-state index in [-0.39, 0.29) is 5.56 Å². The van der Waals surface area contributed by atoms with Gasteiger partial charge in [-0.25, -0.2) is 4.79 Å². The van der Waals surface area contributed by atoms with Crippen molar-refractivity contribution in [3.05, 3.63) is 70.1 Å². The zero-order valence-electron chi connectivity index (χ0n) is 11.3. The van der Waals surface area contributed by atoms with Gasteiger partial charge in [-0.2, -0.15) is 0 Å². The molecular formula is C17H11O4-. The molecule has 0 aliphatic heterocycles. The van der Waals surface area contributed by atoms with Crippen LogP contribution in [0.25, 0.3) is 22.1 Å². The fraction of sp³-hybridized carbons (Fsp3) is 0.0588. The molecule has 0 amide bonds. The fourth-order valence-corrected chi connectivity index (χ4v) is 2.23. The van der Waals surface area contributed by atoms with Crippen LogP contribution in [0.4, 0.5) is 0 Å². The minimum absolute atomic E-state index is 0.0692. The van der Waals surface area contributed by atoms with E-state index >= 15 is 0 Å². The molecule has 2 aromatic carbocycles. The number of aryl methyl sites for hydroxylation is 1. The second-order valence-electron chi connectivity index (χ2n) is 4.85. The van der Waals surface area contributed by atoms with Gasteiger partial charge in [0.25, 0.3) is 0 Å². The van der Waals surface area contributed by atoms with Crippen molar-refractivity contribution >= 4 is 16.9 Å². The summed E-state index contributed by atoms with van der Waals surface area (Å²) >= 11 is 0. The van der Waals surface area contributed by atoms with Crippen molar-refractivity contribution in [2.45, 2.75) is 6.92 Å². The van der Waals surface area contributed by atoms with Crippen LogP contribution in [0.1, 0.15) is 15.9 Å². The summed E-state index contributed by atoms with van der Waals surface area (Å²) in [6.07, 6.45) is 0. The molecule has 0 saturated carbocycles. The average Bonchev–Trinajstić information content (AvgIpc) is 2.47. The first-order valence-electron chi connectivity index (χ1n) is 6.41. The lowest BCUT2D eigenvalue weighted by Gasteiger charge is -2.05. The van der Waals surface area contributed by atoms with Crippen LogP contribution >= 0.6 is 0 Å². The highest BCUT2D eigenvalue weighted by atomic mass is 16.4. The van der Waals surface area contributed by atoms with E-state index in [4.69, 9.17) is 4.42 Å². The summed E-state index contributed by atoms with van der Waals surface area (Å²) in [5, 5.41) is 11.6. The molecule has 1 aromatic heterocycles. The van der Waals surface area contributed by atoms with Crippen LogP contribution < -0.4 is 10.7 Å². The van der Waals surface area contributed by atoms with Crippen LogP contribution in [0.3, 0.4) is 0 Å². The van der Waals surface area contributed by atoms with Crippen molar-refractivity contribution in [1.29, 1.82) is 0 Å². The molecule has 0 saturated heterocycles. The number of rotatable bonds is 2. The molecule has 104 valence electrons. The maximum atomic E-state index is 12.0. The highest BCUT2D eigenvalue weighted by molar-refractivity contribution is 5.87. The Bertz CT molecular complexity index is 889. The first-order chi connectivity index (χ1) is 10.0. The van der Waals surface area contributed by atoms with Gasteiger partial charge in [-0.3, -0.25) is 0 Å². The molecule has 0 aliphatic rings. The minimum Gasteiger partial charge on any atom is -0.545 e. The van der Waals surface area contributed by atoms with E-state index < -0.39 is 11.6 Å². The third-order valence-corrected chi connectivity index (χ3v) is 3.32. The fourth-order valence-electron chi connectivity index (χ4n) is 2.23. The van der Waals surface area contributed by atoms with E-state index in [0.29, 0.717) is 16.7 Å². The lowest BCUT2D eigenvalue weighted by Crippen LogP contribution is -2.21. The first-order valence-corrected chi connectivity index (χ1v) is 6.41. The standard InChI is InChI=1S/C17H12O4/c1-10-2-7-15-13(8-10)9-14(17(20)21-15)11-3-5-12(6-4-11)16(18)19/h2-9H,1H3,(H,18,19)/p-1. The molecule has 0 N–H and O–H groups in total. The monoisotopic (exact) mass is 279 g/mol. The van der Waals surface area contributed by atoms with E-state index in [2.05, 4.69) is 0 Å². The third kappa shape index (κ3) is 2.43. The molecule has 0 spiro atoms. The van der Waals surface area contributed by atoms with Crippen LogP contribution in [0.2, 0.25) is 0 Å². The summed E-state index contributed by atoms with van der Waals surface area (Å²) in [5.41, 5.74) is 2.22. The molecule has 1 heterocycles. The molecule has 3 aromatic rings. The van der Waals surface area contributed by atoms with Crippen LogP contribution in [0, 0.1) is 6.92 Å². The Labute approximate surface area is 120 Å². The van der Waals surface area contributed by atoms with Crippen molar-refractivity contribution in [2.75, 3.05) is 0 Å². The number of aromatic carboxylic acids is 1. The summed E-state index contributed by atoms with van der Waals surface area (Å²) < 4.78 is 5.30. The van der Waals surface area contributed by atoms with E-state index in [0.717, 1.165) is 10.9 Å². The van der Waals surface area contributed by atoms with Crippen molar-refractivity contribution < 1.29 is 14.3 Å². The van der Waals surface area contributed by atoms with Crippen molar-refractivity contribution in [1.82, 2.24) is 0 Å². The number of carboxylic acid groups (broad SMARTS) is 1. The Morgan fingerprint density at radius 3 is 2.43 bits per heavy atom. The lowest BCUT2D eigenvalue weighted by atomic mass is 10.0. The Morgan fingerprint density at radius 1 is 1.05 bits per heavy atom. The predicted molar refractivity (Wildman–Crippen MR) is 77.0 cm³/mol. The maximum absolute atomic E-state index is 12.0. The molecule has 0 unspecified atom stereocenters. The zero-order chi connectivity index (χ0) is 15.0. The van der Waals surface area contributed by atoms with Gasteiger partial charge in [0.2, 0.25) is 0 Å². The zero-order valence-corrected chi connectivity index (χ0v) is 11.3. The van der Waals surface area contributed by atoms with Crippen LogP contribution in [-0.4, -0.2) is 5.97 Å². The number of carboxylic acids is 1. The van der Waals surface area contributed by atoms with E-state index in [9.17, 15) is 14.7 Å². The maximum Gasteiger partial charge on any atom is 0.344 e. The molecule has 4 heteroatoms. The number of fused-ring (bicyclic) bond motifs is 1. The normalized spacial score (nSPS) is 10.7. The quantitative estimate of drug-likeness (QED) is 0.674. The molecule has 0 radical (unpaired) electrons. The predicted octanol–water partition coefficient (Wildman–Crippen LogP) is 2.13. The Hall–Kier alpha value is -2.88. The van der Waals surface area contributed by atoms with Gasteiger partial charge in [-0.15, -0.1) is 0 Å². The van der Waals surface area contributed by atoms with Gasteiger partial charge >= 0.3 is 5.63 Å². The van der Waals surface area contributed by atoms with E-state index in [1.54, 1.807) is 24.3 Å². The summed E-state index contributed by atoms with van der Waals surface area (Å²) in [6.45, 7) is 1.96. The van der Waals surface area contributed by atoms with Gasteiger partial charge in [0, 0.05) is 5.39 Å². The minimum atomic E-state index is -1.25. The van der Waals surface area contributed by atoms with Crippen LogP contribution in [-0.2, 0) is 0 Å². The molecule has 0 fully saturated rings. The molecule has 0 atom stereocenters. The van der Waals surface area contributed by atoms with Gasteiger partial charge < -0.3 is 14.3 Å². The largest absolute Gasteiger partial charge is 0.545 e. The average molecular weight is 279 g/mol. The number of hydrogen-bond acceptors (Lipinski definition) is 4. The van der Waals surface area contributed by atoms with Gasteiger partial charge in [0.05, 0.1) is 11.5 Å². The SMILES string of the molecule is Cc1ccc2oc(=O)c(-c3ccc(C(=O)[O-])cc3)cc2c1. The molecule has 4 nitrogen and oxygen atoms in total. The first kappa shape index (κ1) is 13.1.